The number of anilines is 1. The first-order chi connectivity index (χ1) is 8.22. The summed E-state index contributed by atoms with van der Waals surface area (Å²) in [6.07, 6.45) is 4.65. The smallest absolute Gasteiger partial charge is 0.224 e. The van der Waals surface area contributed by atoms with E-state index in [0.29, 0.717) is 11.4 Å². The molecule has 3 nitrogen and oxygen atoms in total. The summed E-state index contributed by atoms with van der Waals surface area (Å²) in [7, 11) is 0. The van der Waals surface area contributed by atoms with E-state index in [9.17, 15) is 4.79 Å². The van der Waals surface area contributed by atoms with Crippen molar-refractivity contribution in [2.45, 2.75) is 32.1 Å². The van der Waals surface area contributed by atoms with Gasteiger partial charge in [0, 0.05) is 17.1 Å². The van der Waals surface area contributed by atoms with Crippen molar-refractivity contribution in [1.29, 1.82) is 0 Å². The van der Waals surface area contributed by atoms with E-state index in [1.807, 2.05) is 12.1 Å². The molecule has 18 heavy (non-hydrogen) atoms. The minimum Gasteiger partial charge on any atom is -0.330 e. The highest BCUT2D eigenvalue weighted by atomic mass is 35.5. The zero-order valence-corrected chi connectivity index (χ0v) is 11.9. The Morgan fingerprint density at radius 2 is 1.94 bits per heavy atom. The molecule has 1 aromatic rings. The summed E-state index contributed by atoms with van der Waals surface area (Å²) >= 11 is 5.83. The number of benzene rings is 1. The molecule has 0 aliphatic heterocycles. The number of halogens is 2. The third-order valence-corrected chi connectivity index (χ3v) is 2.70. The van der Waals surface area contributed by atoms with Crippen molar-refractivity contribution < 1.29 is 4.79 Å². The van der Waals surface area contributed by atoms with E-state index in [2.05, 4.69) is 5.32 Å². The van der Waals surface area contributed by atoms with Crippen LogP contribution in [-0.4, -0.2) is 12.5 Å². The average molecular weight is 291 g/mol. The number of carbonyl (C=O) groups excluding carboxylic acids is 1. The number of hydrogen-bond acceptors (Lipinski definition) is 2. The van der Waals surface area contributed by atoms with E-state index in [4.69, 9.17) is 17.3 Å². The first-order valence-corrected chi connectivity index (χ1v) is 6.35. The van der Waals surface area contributed by atoms with Crippen molar-refractivity contribution in [1.82, 2.24) is 0 Å². The van der Waals surface area contributed by atoms with Gasteiger partial charge >= 0.3 is 0 Å². The first-order valence-electron chi connectivity index (χ1n) is 5.98. The molecule has 0 radical (unpaired) electrons. The van der Waals surface area contributed by atoms with Gasteiger partial charge in [-0.3, -0.25) is 4.79 Å². The van der Waals surface area contributed by atoms with Gasteiger partial charge in [-0.05, 0) is 37.6 Å². The Kier molecular flexibility index (Phi) is 9.74. The van der Waals surface area contributed by atoms with Crippen LogP contribution < -0.4 is 11.1 Å². The Labute approximate surface area is 119 Å². The molecule has 0 aliphatic carbocycles. The SMILES string of the molecule is Cl.NCCCCCCC(=O)Nc1cccc(Cl)c1. The van der Waals surface area contributed by atoms with E-state index in [0.717, 1.165) is 37.9 Å². The number of nitrogens with one attached hydrogen (secondary N) is 1. The molecule has 0 aromatic heterocycles. The number of unbranched alkanes of at least 4 members (excludes halogenated alkanes) is 3. The maximum atomic E-state index is 11.6. The fraction of sp³-hybridized carbons (Fsp3) is 0.462. The van der Waals surface area contributed by atoms with Crippen LogP contribution in [0.3, 0.4) is 0 Å². The van der Waals surface area contributed by atoms with E-state index in [1.54, 1.807) is 12.1 Å². The Balaban J connectivity index is 0.00000289. The second kappa shape index (κ2) is 10.2. The van der Waals surface area contributed by atoms with Crippen molar-refractivity contribution in [3.63, 3.8) is 0 Å². The molecular formula is C13H20Cl2N2O. The summed E-state index contributed by atoms with van der Waals surface area (Å²) in [6.45, 7) is 0.731. The molecule has 102 valence electrons. The lowest BCUT2D eigenvalue weighted by molar-refractivity contribution is -0.116. The molecule has 5 heteroatoms. The second-order valence-electron chi connectivity index (χ2n) is 4.01. The van der Waals surface area contributed by atoms with Crippen LogP contribution in [-0.2, 0) is 4.79 Å². The highest BCUT2D eigenvalue weighted by Gasteiger charge is 2.02. The van der Waals surface area contributed by atoms with E-state index < -0.39 is 0 Å². The minimum absolute atomic E-state index is 0. The maximum absolute atomic E-state index is 11.6. The largest absolute Gasteiger partial charge is 0.330 e. The van der Waals surface area contributed by atoms with Crippen molar-refractivity contribution in [3.05, 3.63) is 29.3 Å². The first kappa shape index (κ1) is 17.2. The van der Waals surface area contributed by atoms with Crippen LogP contribution in [0.4, 0.5) is 5.69 Å². The van der Waals surface area contributed by atoms with Crippen molar-refractivity contribution >= 4 is 35.6 Å². The fourth-order valence-electron chi connectivity index (χ4n) is 1.57. The van der Waals surface area contributed by atoms with Gasteiger partial charge in [0.1, 0.15) is 0 Å². The van der Waals surface area contributed by atoms with Gasteiger partial charge in [-0.1, -0.05) is 30.5 Å². The molecule has 0 unspecified atom stereocenters. The molecule has 0 atom stereocenters. The lowest BCUT2D eigenvalue weighted by Crippen LogP contribution is -2.11. The zero-order chi connectivity index (χ0) is 12.5. The highest BCUT2D eigenvalue weighted by molar-refractivity contribution is 6.30. The van der Waals surface area contributed by atoms with Gasteiger partial charge in [-0.15, -0.1) is 12.4 Å². The van der Waals surface area contributed by atoms with Gasteiger partial charge in [0.05, 0.1) is 0 Å². The molecule has 0 spiro atoms. The number of carbonyl (C=O) groups is 1. The molecule has 0 fully saturated rings. The Bertz CT molecular complexity index is 359. The summed E-state index contributed by atoms with van der Waals surface area (Å²) in [5, 5.41) is 3.46. The maximum Gasteiger partial charge on any atom is 0.224 e. The molecule has 0 saturated carbocycles. The molecule has 1 amide bonds. The standard InChI is InChI=1S/C13H19ClN2O.ClH/c14-11-6-5-7-12(10-11)16-13(17)8-3-1-2-4-9-15;/h5-7,10H,1-4,8-9,15H2,(H,16,17);1H. The van der Waals surface area contributed by atoms with Crippen LogP contribution in [0.1, 0.15) is 32.1 Å². The molecule has 0 heterocycles. The fourth-order valence-corrected chi connectivity index (χ4v) is 1.76. The van der Waals surface area contributed by atoms with Crippen LogP contribution >= 0.6 is 24.0 Å². The summed E-state index contributed by atoms with van der Waals surface area (Å²) < 4.78 is 0. The van der Waals surface area contributed by atoms with Crippen molar-refractivity contribution in [2.75, 3.05) is 11.9 Å². The summed E-state index contributed by atoms with van der Waals surface area (Å²) in [4.78, 5) is 11.6. The number of hydrogen-bond donors (Lipinski definition) is 2. The van der Waals surface area contributed by atoms with Crippen molar-refractivity contribution in [3.8, 4) is 0 Å². The van der Waals surface area contributed by atoms with E-state index >= 15 is 0 Å². The Morgan fingerprint density at radius 3 is 2.61 bits per heavy atom. The Morgan fingerprint density at radius 1 is 1.22 bits per heavy atom. The number of nitrogens with two attached hydrogens (primary N) is 1. The molecule has 0 saturated heterocycles. The van der Waals surface area contributed by atoms with Crippen LogP contribution in [0.5, 0.6) is 0 Å². The molecule has 1 aromatic carbocycles. The van der Waals surface area contributed by atoms with Gasteiger partial charge < -0.3 is 11.1 Å². The quantitative estimate of drug-likeness (QED) is 0.754. The number of rotatable bonds is 7. The predicted molar refractivity (Wildman–Crippen MR) is 79.5 cm³/mol. The van der Waals surface area contributed by atoms with Gasteiger partial charge in [-0.25, -0.2) is 0 Å². The zero-order valence-electron chi connectivity index (χ0n) is 10.3. The molecule has 0 aliphatic rings. The third-order valence-electron chi connectivity index (χ3n) is 2.47. The lowest BCUT2D eigenvalue weighted by atomic mass is 10.1. The van der Waals surface area contributed by atoms with Crippen LogP contribution in [0.2, 0.25) is 5.02 Å². The average Bonchev–Trinajstić information content (AvgIpc) is 2.29. The monoisotopic (exact) mass is 290 g/mol. The van der Waals surface area contributed by atoms with Gasteiger partial charge in [0.2, 0.25) is 5.91 Å². The van der Waals surface area contributed by atoms with E-state index in [-0.39, 0.29) is 18.3 Å². The topological polar surface area (TPSA) is 55.1 Å². The van der Waals surface area contributed by atoms with Crippen LogP contribution in [0, 0.1) is 0 Å². The van der Waals surface area contributed by atoms with E-state index in [1.165, 1.54) is 0 Å². The minimum atomic E-state index is 0. The van der Waals surface area contributed by atoms with Crippen molar-refractivity contribution in [2.24, 2.45) is 5.73 Å². The predicted octanol–water partition coefficient (Wildman–Crippen LogP) is 3.61. The second-order valence-corrected chi connectivity index (χ2v) is 4.45. The van der Waals surface area contributed by atoms with Gasteiger partial charge in [0.25, 0.3) is 0 Å². The van der Waals surface area contributed by atoms with Crippen LogP contribution in [0.25, 0.3) is 0 Å². The van der Waals surface area contributed by atoms with Gasteiger partial charge in [-0.2, -0.15) is 0 Å². The highest BCUT2D eigenvalue weighted by Crippen LogP contribution is 2.15. The lowest BCUT2D eigenvalue weighted by Gasteiger charge is -2.05. The molecule has 1 rings (SSSR count). The summed E-state index contributed by atoms with van der Waals surface area (Å²) in [5.41, 5.74) is 6.15. The summed E-state index contributed by atoms with van der Waals surface area (Å²) in [6, 6.07) is 7.18. The molecule has 0 bridgehead atoms. The van der Waals surface area contributed by atoms with Gasteiger partial charge in [0.15, 0.2) is 0 Å². The molecule has 3 N–H and O–H groups in total. The van der Waals surface area contributed by atoms with Crippen LogP contribution in [0.15, 0.2) is 24.3 Å². The Hall–Kier alpha value is -0.770. The normalized spacial score (nSPS) is 9.67. The molecular weight excluding hydrogens is 271 g/mol. The number of amides is 1. The summed E-state index contributed by atoms with van der Waals surface area (Å²) in [5.74, 6) is 0.0417. The third kappa shape index (κ3) is 7.54.